The predicted molar refractivity (Wildman–Crippen MR) is 119 cm³/mol. The van der Waals surface area contributed by atoms with Gasteiger partial charge < -0.3 is 0 Å². The first-order valence-corrected chi connectivity index (χ1v) is 10.9. The van der Waals surface area contributed by atoms with E-state index in [0.29, 0.717) is 12.0 Å². The van der Waals surface area contributed by atoms with Crippen LogP contribution in [-0.2, 0) is 10.7 Å². The summed E-state index contributed by atoms with van der Waals surface area (Å²) in [5.74, 6) is -0.955. The molecule has 1 unspecified atom stereocenters. The lowest BCUT2D eigenvalue weighted by molar-refractivity contribution is 0.0175. The van der Waals surface area contributed by atoms with Gasteiger partial charge in [0.05, 0.1) is 16.6 Å². The predicted octanol–water partition coefficient (Wildman–Crippen LogP) is 6.65. The fourth-order valence-corrected chi connectivity index (χ4v) is 4.40. The largest absolute Gasteiger partial charge is 0.270 e. The standard InChI is InChI=1S/C23H17BrF2N2OS/c1-23(25,26)17-8-4-16(5-9-17)21(14-29)28-20(15-6-10-18(24)11-7-15)13-19(27-28)22-3-2-12-30-22/h2-12,20H,13H2,1H3. The SMILES string of the molecule is CC(F)(F)c1ccc(C(=C=O)N2N=C(c3cccs3)CC2c2ccc(Br)cc2)cc1. The second kappa shape index (κ2) is 8.26. The van der Waals surface area contributed by atoms with Crippen LogP contribution in [0.25, 0.3) is 5.70 Å². The number of halogens is 3. The van der Waals surface area contributed by atoms with Crippen LogP contribution in [0.5, 0.6) is 0 Å². The Kier molecular flexibility index (Phi) is 5.69. The molecular formula is C23H17BrF2N2OS. The first kappa shape index (κ1) is 20.7. The molecule has 0 spiro atoms. The maximum Gasteiger partial charge on any atom is 0.270 e. The fraction of sp³-hybridized carbons (Fsp3) is 0.174. The average molecular weight is 487 g/mol. The van der Waals surface area contributed by atoms with E-state index in [0.717, 1.165) is 27.5 Å². The molecule has 7 heteroatoms. The highest BCUT2D eigenvalue weighted by molar-refractivity contribution is 9.10. The molecule has 0 amide bonds. The van der Waals surface area contributed by atoms with E-state index in [2.05, 4.69) is 15.9 Å². The number of benzene rings is 2. The normalized spacial score (nSPS) is 16.3. The van der Waals surface area contributed by atoms with Gasteiger partial charge in [0.1, 0.15) is 0 Å². The zero-order valence-corrected chi connectivity index (χ0v) is 18.4. The van der Waals surface area contributed by atoms with Crippen LogP contribution < -0.4 is 0 Å². The van der Waals surface area contributed by atoms with Crippen LogP contribution in [0.4, 0.5) is 8.78 Å². The molecule has 1 atom stereocenters. The molecule has 1 aliphatic rings. The van der Waals surface area contributed by atoms with Crippen LogP contribution in [0.15, 0.2) is 75.6 Å². The number of nitrogens with zero attached hydrogens (tertiary/aromatic N) is 2. The van der Waals surface area contributed by atoms with E-state index in [4.69, 9.17) is 5.10 Å². The highest BCUT2D eigenvalue weighted by atomic mass is 79.9. The van der Waals surface area contributed by atoms with Gasteiger partial charge in [0.2, 0.25) is 0 Å². The average Bonchev–Trinajstić information content (AvgIpc) is 3.39. The molecule has 3 nitrogen and oxygen atoms in total. The van der Waals surface area contributed by atoms with E-state index >= 15 is 0 Å². The molecule has 0 saturated heterocycles. The molecule has 3 aromatic rings. The number of hydrogen-bond acceptors (Lipinski definition) is 4. The molecular weight excluding hydrogens is 470 g/mol. The van der Waals surface area contributed by atoms with Crippen molar-refractivity contribution in [2.75, 3.05) is 0 Å². The summed E-state index contributed by atoms with van der Waals surface area (Å²) >= 11 is 5.03. The zero-order chi connectivity index (χ0) is 21.3. The van der Waals surface area contributed by atoms with Gasteiger partial charge in [0, 0.05) is 28.9 Å². The monoisotopic (exact) mass is 486 g/mol. The Hall–Kier alpha value is -2.60. The van der Waals surface area contributed by atoms with Gasteiger partial charge in [0.15, 0.2) is 11.6 Å². The summed E-state index contributed by atoms with van der Waals surface area (Å²) in [6.07, 6.45) is 0.623. The van der Waals surface area contributed by atoms with E-state index in [9.17, 15) is 13.6 Å². The van der Waals surface area contributed by atoms with Crippen molar-refractivity contribution in [1.82, 2.24) is 5.01 Å². The van der Waals surface area contributed by atoms with Gasteiger partial charge in [0.25, 0.3) is 5.92 Å². The molecule has 1 aromatic heterocycles. The Morgan fingerprint density at radius 2 is 1.87 bits per heavy atom. The third kappa shape index (κ3) is 4.15. The van der Waals surface area contributed by atoms with Crippen molar-refractivity contribution in [3.05, 3.63) is 92.1 Å². The highest BCUT2D eigenvalue weighted by Crippen LogP contribution is 2.39. The van der Waals surface area contributed by atoms with Gasteiger partial charge in [-0.3, -0.25) is 0 Å². The van der Waals surface area contributed by atoms with Crippen molar-refractivity contribution in [3.63, 3.8) is 0 Å². The van der Waals surface area contributed by atoms with E-state index < -0.39 is 5.92 Å². The second-order valence-corrected chi connectivity index (χ2v) is 8.92. The minimum atomic E-state index is -2.94. The van der Waals surface area contributed by atoms with Gasteiger partial charge in [-0.2, -0.15) is 5.10 Å². The molecule has 0 saturated carbocycles. The van der Waals surface area contributed by atoms with Crippen molar-refractivity contribution >= 4 is 44.6 Å². The lowest BCUT2D eigenvalue weighted by atomic mass is 9.99. The molecule has 0 bridgehead atoms. The van der Waals surface area contributed by atoms with Crippen LogP contribution in [0, 0.1) is 0 Å². The van der Waals surface area contributed by atoms with Crippen molar-refractivity contribution in [2.24, 2.45) is 5.10 Å². The van der Waals surface area contributed by atoms with Gasteiger partial charge in [-0.15, -0.1) is 11.3 Å². The second-order valence-electron chi connectivity index (χ2n) is 7.06. The molecule has 2 aromatic carbocycles. The number of thiophene rings is 1. The maximum atomic E-state index is 13.6. The number of hydrazone groups is 1. The Labute approximate surface area is 185 Å². The summed E-state index contributed by atoms with van der Waals surface area (Å²) in [6.45, 7) is 0.847. The Morgan fingerprint density at radius 3 is 2.43 bits per heavy atom. The number of alkyl halides is 2. The number of hydrogen-bond donors (Lipinski definition) is 0. The molecule has 0 aliphatic carbocycles. The zero-order valence-electron chi connectivity index (χ0n) is 16.0. The molecule has 2 heterocycles. The summed E-state index contributed by atoms with van der Waals surface area (Å²) in [6, 6.07) is 17.3. The maximum absolute atomic E-state index is 13.6. The lowest BCUT2D eigenvalue weighted by Gasteiger charge is -2.24. The lowest BCUT2D eigenvalue weighted by Crippen LogP contribution is -2.19. The Bertz CT molecular complexity index is 1110. The van der Waals surface area contributed by atoms with Gasteiger partial charge in [-0.25, -0.2) is 18.6 Å². The molecule has 0 fully saturated rings. The van der Waals surface area contributed by atoms with Crippen molar-refractivity contribution in [1.29, 1.82) is 0 Å². The van der Waals surface area contributed by atoms with Crippen molar-refractivity contribution < 1.29 is 13.6 Å². The molecule has 152 valence electrons. The van der Waals surface area contributed by atoms with Crippen LogP contribution in [-0.4, -0.2) is 16.7 Å². The topological polar surface area (TPSA) is 32.7 Å². The van der Waals surface area contributed by atoms with E-state index in [1.165, 1.54) is 24.3 Å². The van der Waals surface area contributed by atoms with Crippen molar-refractivity contribution in [3.8, 4) is 0 Å². The van der Waals surface area contributed by atoms with Crippen LogP contribution in [0.2, 0.25) is 0 Å². The third-order valence-electron chi connectivity index (χ3n) is 4.96. The summed E-state index contributed by atoms with van der Waals surface area (Å²) in [4.78, 5) is 13.0. The molecule has 0 radical (unpaired) electrons. The van der Waals surface area contributed by atoms with Crippen molar-refractivity contribution in [2.45, 2.75) is 25.3 Å². The van der Waals surface area contributed by atoms with Gasteiger partial charge in [-0.05, 0) is 29.1 Å². The first-order chi connectivity index (χ1) is 14.4. The summed E-state index contributed by atoms with van der Waals surface area (Å²) in [5.41, 5.74) is 2.49. The summed E-state index contributed by atoms with van der Waals surface area (Å²) in [7, 11) is 0. The smallest absolute Gasteiger partial charge is 0.246 e. The quantitative estimate of drug-likeness (QED) is 0.378. The molecule has 0 N–H and O–H groups in total. The van der Waals surface area contributed by atoms with E-state index in [1.54, 1.807) is 16.3 Å². The first-order valence-electron chi connectivity index (χ1n) is 9.26. The Morgan fingerprint density at radius 1 is 1.17 bits per heavy atom. The van der Waals surface area contributed by atoms with E-state index in [-0.39, 0.29) is 17.3 Å². The minimum Gasteiger partial charge on any atom is -0.246 e. The third-order valence-corrected chi connectivity index (χ3v) is 6.41. The number of carbonyl (C=O) groups excluding carboxylic acids is 1. The summed E-state index contributed by atoms with van der Waals surface area (Å²) in [5, 5.41) is 8.37. The van der Waals surface area contributed by atoms with Gasteiger partial charge in [-0.1, -0.05) is 58.4 Å². The highest BCUT2D eigenvalue weighted by Gasteiger charge is 2.33. The van der Waals surface area contributed by atoms with Gasteiger partial charge >= 0.3 is 0 Å². The molecule has 4 rings (SSSR count). The molecule has 30 heavy (non-hydrogen) atoms. The van der Waals surface area contributed by atoms with E-state index in [1.807, 2.05) is 47.7 Å². The van der Waals surface area contributed by atoms with Crippen LogP contribution >= 0.6 is 27.3 Å². The van der Waals surface area contributed by atoms with Crippen LogP contribution in [0.3, 0.4) is 0 Å². The molecule has 1 aliphatic heterocycles. The minimum absolute atomic E-state index is 0.106. The summed E-state index contributed by atoms with van der Waals surface area (Å²) < 4.78 is 28.1. The number of rotatable bonds is 5. The Balaban J connectivity index is 1.74. The van der Waals surface area contributed by atoms with Crippen LogP contribution in [0.1, 0.15) is 41.0 Å². The fourth-order valence-electron chi connectivity index (χ4n) is 3.41.